The molecular weight excluding hydrogens is 172 g/mol. The van der Waals surface area contributed by atoms with Gasteiger partial charge in [0.2, 0.25) is 0 Å². The first-order valence-electron chi connectivity index (χ1n) is 4.70. The molecule has 0 saturated carbocycles. The van der Waals surface area contributed by atoms with Crippen LogP contribution in [-0.4, -0.2) is 14.1 Å². The van der Waals surface area contributed by atoms with Crippen LogP contribution in [0.25, 0.3) is 0 Å². The Hall–Kier alpha value is -1.49. The van der Waals surface area contributed by atoms with Crippen molar-refractivity contribution in [3.05, 3.63) is 28.8 Å². The fourth-order valence-corrected chi connectivity index (χ4v) is 1.59. The van der Waals surface area contributed by atoms with Crippen LogP contribution in [0.15, 0.2) is 12.1 Å². The van der Waals surface area contributed by atoms with E-state index >= 15 is 0 Å². The summed E-state index contributed by atoms with van der Waals surface area (Å²) in [6, 6.07) is 6.45. The number of anilines is 1. The molecule has 0 aliphatic carbocycles. The lowest BCUT2D eigenvalue weighted by Crippen LogP contribution is -2.09. The maximum atomic E-state index is 8.69. The Kier molecular flexibility index (Phi) is 3.14. The van der Waals surface area contributed by atoms with Crippen molar-refractivity contribution in [1.29, 1.82) is 5.26 Å². The summed E-state index contributed by atoms with van der Waals surface area (Å²) >= 11 is 0. The van der Waals surface area contributed by atoms with Crippen LogP contribution in [0.2, 0.25) is 0 Å². The van der Waals surface area contributed by atoms with Crippen molar-refractivity contribution < 1.29 is 0 Å². The molecule has 74 valence electrons. The van der Waals surface area contributed by atoms with E-state index in [2.05, 4.69) is 36.9 Å². The molecular formula is C12H16N2. The molecule has 0 unspecified atom stereocenters. The largest absolute Gasteiger partial charge is 0.378 e. The SMILES string of the molecule is Cc1cc(N(C)C)cc(C)c1CC#N. The van der Waals surface area contributed by atoms with Crippen LogP contribution in [0.3, 0.4) is 0 Å². The van der Waals surface area contributed by atoms with Gasteiger partial charge >= 0.3 is 0 Å². The Morgan fingerprint density at radius 1 is 1.21 bits per heavy atom. The van der Waals surface area contributed by atoms with Crippen LogP contribution >= 0.6 is 0 Å². The summed E-state index contributed by atoms with van der Waals surface area (Å²) in [6.45, 7) is 4.12. The molecule has 0 saturated heterocycles. The third kappa shape index (κ3) is 2.05. The molecule has 0 aliphatic rings. The van der Waals surface area contributed by atoms with Crippen molar-refractivity contribution in [2.45, 2.75) is 20.3 Å². The van der Waals surface area contributed by atoms with Crippen molar-refractivity contribution >= 4 is 5.69 Å². The van der Waals surface area contributed by atoms with Gasteiger partial charge in [-0.05, 0) is 42.7 Å². The zero-order chi connectivity index (χ0) is 10.7. The minimum absolute atomic E-state index is 0.505. The lowest BCUT2D eigenvalue weighted by Gasteiger charge is -2.16. The molecule has 2 nitrogen and oxygen atoms in total. The molecule has 0 aliphatic heterocycles. The topological polar surface area (TPSA) is 27.0 Å². The summed E-state index contributed by atoms with van der Waals surface area (Å²) in [5.41, 5.74) is 4.77. The van der Waals surface area contributed by atoms with Crippen LogP contribution in [0.1, 0.15) is 16.7 Å². The predicted molar refractivity (Wildman–Crippen MR) is 59.6 cm³/mol. The highest BCUT2D eigenvalue weighted by atomic mass is 15.1. The van der Waals surface area contributed by atoms with Gasteiger partial charge < -0.3 is 4.90 Å². The molecule has 0 bridgehead atoms. The van der Waals surface area contributed by atoms with E-state index in [4.69, 9.17) is 5.26 Å². The second-order valence-electron chi connectivity index (χ2n) is 3.79. The molecule has 1 aromatic carbocycles. The number of nitrogens with zero attached hydrogens (tertiary/aromatic N) is 2. The molecule has 0 N–H and O–H groups in total. The molecule has 0 radical (unpaired) electrons. The molecule has 14 heavy (non-hydrogen) atoms. The van der Waals surface area contributed by atoms with Crippen LogP contribution in [0.5, 0.6) is 0 Å². The van der Waals surface area contributed by atoms with Crippen molar-refractivity contribution in [2.24, 2.45) is 0 Å². The predicted octanol–water partition coefficient (Wildman–Crippen LogP) is 2.44. The smallest absolute Gasteiger partial charge is 0.0669 e. The summed E-state index contributed by atoms with van der Waals surface area (Å²) < 4.78 is 0. The molecule has 0 aromatic heterocycles. The Morgan fingerprint density at radius 2 is 1.71 bits per heavy atom. The van der Waals surface area contributed by atoms with E-state index in [1.807, 2.05) is 14.1 Å². The molecule has 0 spiro atoms. The summed E-state index contributed by atoms with van der Waals surface area (Å²) in [5, 5.41) is 8.69. The Balaban J connectivity index is 3.19. The van der Waals surface area contributed by atoms with Gasteiger partial charge in [0.25, 0.3) is 0 Å². The lowest BCUT2D eigenvalue weighted by molar-refractivity contribution is 1.10. The lowest BCUT2D eigenvalue weighted by atomic mass is 9.99. The zero-order valence-corrected chi connectivity index (χ0v) is 9.26. The fraction of sp³-hybridized carbons (Fsp3) is 0.417. The summed E-state index contributed by atoms with van der Waals surface area (Å²) in [4.78, 5) is 2.08. The summed E-state index contributed by atoms with van der Waals surface area (Å²) in [7, 11) is 4.05. The summed E-state index contributed by atoms with van der Waals surface area (Å²) in [6.07, 6.45) is 0.505. The quantitative estimate of drug-likeness (QED) is 0.712. The summed E-state index contributed by atoms with van der Waals surface area (Å²) in [5.74, 6) is 0. The number of nitriles is 1. The molecule has 0 atom stereocenters. The van der Waals surface area contributed by atoms with Gasteiger partial charge in [-0.2, -0.15) is 5.26 Å². The van der Waals surface area contributed by atoms with Gasteiger partial charge in [-0.15, -0.1) is 0 Å². The Labute approximate surface area is 85.8 Å². The molecule has 2 heteroatoms. The Bertz CT molecular complexity index is 349. The fourth-order valence-electron chi connectivity index (χ4n) is 1.59. The third-order valence-corrected chi connectivity index (χ3v) is 2.45. The van der Waals surface area contributed by atoms with Crippen molar-refractivity contribution in [2.75, 3.05) is 19.0 Å². The van der Waals surface area contributed by atoms with Gasteiger partial charge in [0.15, 0.2) is 0 Å². The third-order valence-electron chi connectivity index (χ3n) is 2.45. The van der Waals surface area contributed by atoms with Gasteiger partial charge in [0, 0.05) is 19.8 Å². The second kappa shape index (κ2) is 4.15. The minimum atomic E-state index is 0.505. The normalized spacial score (nSPS) is 9.64. The van der Waals surface area contributed by atoms with E-state index in [0.29, 0.717) is 6.42 Å². The molecule has 0 fully saturated rings. The maximum absolute atomic E-state index is 8.69. The average Bonchev–Trinajstić information content (AvgIpc) is 2.10. The van der Waals surface area contributed by atoms with Gasteiger partial charge in [-0.1, -0.05) is 0 Å². The van der Waals surface area contributed by atoms with E-state index in [1.165, 1.54) is 16.8 Å². The highest BCUT2D eigenvalue weighted by Gasteiger charge is 2.05. The number of aryl methyl sites for hydroxylation is 2. The maximum Gasteiger partial charge on any atom is 0.0669 e. The first kappa shape index (κ1) is 10.6. The number of benzene rings is 1. The van der Waals surface area contributed by atoms with E-state index < -0.39 is 0 Å². The van der Waals surface area contributed by atoms with Crippen LogP contribution < -0.4 is 4.90 Å². The Morgan fingerprint density at radius 3 is 2.07 bits per heavy atom. The van der Waals surface area contributed by atoms with Crippen molar-refractivity contribution in [3.63, 3.8) is 0 Å². The highest BCUT2D eigenvalue weighted by Crippen LogP contribution is 2.21. The van der Waals surface area contributed by atoms with Crippen LogP contribution in [0, 0.1) is 25.2 Å². The van der Waals surface area contributed by atoms with Gasteiger partial charge in [-0.3, -0.25) is 0 Å². The van der Waals surface area contributed by atoms with Gasteiger partial charge in [-0.25, -0.2) is 0 Å². The second-order valence-corrected chi connectivity index (χ2v) is 3.79. The van der Waals surface area contributed by atoms with Crippen molar-refractivity contribution in [1.82, 2.24) is 0 Å². The van der Waals surface area contributed by atoms with Crippen LogP contribution in [0.4, 0.5) is 5.69 Å². The highest BCUT2D eigenvalue weighted by molar-refractivity contribution is 5.53. The van der Waals surface area contributed by atoms with E-state index in [-0.39, 0.29) is 0 Å². The molecule has 0 amide bonds. The number of hydrogen-bond donors (Lipinski definition) is 0. The average molecular weight is 188 g/mol. The van der Waals surface area contributed by atoms with Crippen LogP contribution in [-0.2, 0) is 6.42 Å². The number of rotatable bonds is 2. The minimum Gasteiger partial charge on any atom is -0.378 e. The molecule has 0 heterocycles. The molecule has 1 rings (SSSR count). The first-order chi connectivity index (χ1) is 6.56. The monoisotopic (exact) mass is 188 g/mol. The van der Waals surface area contributed by atoms with Gasteiger partial charge in [0.05, 0.1) is 12.5 Å². The van der Waals surface area contributed by atoms with E-state index in [9.17, 15) is 0 Å². The van der Waals surface area contributed by atoms with E-state index in [1.54, 1.807) is 0 Å². The molecule has 1 aromatic rings. The number of hydrogen-bond acceptors (Lipinski definition) is 2. The van der Waals surface area contributed by atoms with E-state index in [0.717, 1.165) is 5.56 Å². The zero-order valence-electron chi connectivity index (χ0n) is 9.26. The standard InChI is InChI=1S/C12H16N2/c1-9-7-11(14(3)4)8-10(2)12(9)5-6-13/h7-8H,5H2,1-4H3. The van der Waals surface area contributed by atoms with Crippen molar-refractivity contribution in [3.8, 4) is 6.07 Å². The first-order valence-corrected chi connectivity index (χ1v) is 4.70. The van der Waals surface area contributed by atoms with Gasteiger partial charge in [0.1, 0.15) is 0 Å².